The number of ether oxygens (including phenoxy) is 1. The Hall–Kier alpha value is -3.45. The van der Waals surface area contributed by atoms with Crippen LogP contribution in [-0.4, -0.2) is 24.4 Å². The van der Waals surface area contributed by atoms with Crippen LogP contribution >= 0.6 is 11.3 Å². The highest BCUT2D eigenvalue weighted by atomic mass is 32.1. The van der Waals surface area contributed by atoms with Gasteiger partial charge < -0.3 is 15.4 Å². The maximum Gasteiger partial charge on any atom is 0.338 e. The molecule has 2 amide bonds. The molecule has 0 spiro atoms. The molecule has 1 aliphatic carbocycles. The number of benzene rings is 2. The average Bonchev–Trinajstić information content (AvgIpc) is 3.20. The first-order valence-corrected chi connectivity index (χ1v) is 12.4. The van der Waals surface area contributed by atoms with E-state index in [2.05, 4.69) is 17.6 Å². The van der Waals surface area contributed by atoms with Crippen molar-refractivity contribution in [1.29, 1.82) is 0 Å². The Morgan fingerprint density at radius 3 is 2.53 bits per heavy atom. The normalized spacial score (nSPS) is 14.7. The van der Waals surface area contributed by atoms with Gasteiger partial charge in [0.1, 0.15) is 5.00 Å². The van der Waals surface area contributed by atoms with Gasteiger partial charge in [0, 0.05) is 16.1 Å². The van der Waals surface area contributed by atoms with Crippen LogP contribution in [0.1, 0.15) is 68.2 Å². The molecule has 3 aromatic rings. The van der Waals surface area contributed by atoms with E-state index in [0.717, 1.165) is 36.1 Å². The Morgan fingerprint density at radius 2 is 1.76 bits per heavy atom. The van der Waals surface area contributed by atoms with Gasteiger partial charge in [-0.25, -0.2) is 4.79 Å². The Morgan fingerprint density at radius 1 is 1.00 bits per heavy atom. The fourth-order valence-electron chi connectivity index (χ4n) is 4.04. The Labute approximate surface area is 203 Å². The lowest BCUT2D eigenvalue weighted by molar-refractivity contribution is 0.0505. The topological polar surface area (TPSA) is 84.5 Å². The molecule has 0 saturated heterocycles. The van der Waals surface area contributed by atoms with Crippen molar-refractivity contribution in [3.05, 3.63) is 81.7 Å². The number of nitrogens with one attached hydrogen (secondary N) is 2. The highest BCUT2D eigenvalue weighted by Crippen LogP contribution is 2.40. The Bertz CT molecular complexity index is 1200. The summed E-state index contributed by atoms with van der Waals surface area (Å²) in [6, 6.07) is 15.7. The van der Waals surface area contributed by atoms with E-state index >= 15 is 0 Å². The lowest BCUT2D eigenvalue weighted by atomic mass is 9.88. The summed E-state index contributed by atoms with van der Waals surface area (Å²) in [6.07, 6.45) is 3.41. The second-order valence-corrected chi connectivity index (χ2v) is 9.65. The van der Waals surface area contributed by atoms with Crippen molar-refractivity contribution in [3.8, 4) is 0 Å². The zero-order chi connectivity index (χ0) is 24.1. The molecule has 1 heterocycles. The van der Waals surface area contributed by atoms with Gasteiger partial charge in [0.15, 0.2) is 0 Å². The summed E-state index contributed by atoms with van der Waals surface area (Å²) >= 11 is 1.48. The third-order valence-corrected chi connectivity index (χ3v) is 6.96. The number of thiophene rings is 1. The fraction of sp³-hybridized carbons (Fsp3) is 0.296. The molecule has 1 aromatic heterocycles. The number of carbonyl (C=O) groups is 3. The average molecular weight is 477 g/mol. The molecule has 2 N–H and O–H groups in total. The van der Waals surface area contributed by atoms with E-state index in [9.17, 15) is 14.4 Å². The van der Waals surface area contributed by atoms with Crippen molar-refractivity contribution < 1.29 is 19.1 Å². The van der Waals surface area contributed by atoms with Gasteiger partial charge >= 0.3 is 5.97 Å². The lowest BCUT2D eigenvalue weighted by Gasteiger charge is -2.18. The van der Waals surface area contributed by atoms with Crippen molar-refractivity contribution >= 4 is 39.8 Å². The number of amides is 2. The predicted octanol–water partition coefficient (Wildman–Crippen LogP) is 5.94. The first-order valence-electron chi connectivity index (χ1n) is 11.6. The molecule has 2 aromatic carbocycles. The number of esters is 1. The first-order chi connectivity index (χ1) is 16.5. The molecule has 0 radical (unpaired) electrons. The van der Waals surface area contributed by atoms with E-state index in [0.29, 0.717) is 39.9 Å². The summed E-state index contributed by atoms with van der Waals surface area (Å²) in [7, 11) is 0. The van der Waals surface area contributed by atoms with E-state index in [-0.39, 0.29) is 11.8 Å². The van der Waals surface area contributed by atoms with Crippen molar-refractivity contribution in [2.45, 2.75) is 39.5 Å². The molecule has 0 bridgehead atoms. The zero-order valence-electron chi connectivity index (χ0n) is 19.4. The third kappa shape index (κ3) is 5.37. The molecule has 1 aliphatic rings. The zero-order valence-corrected chi connectivity index (χ0v) is 20.2. The molecular formula is C27H28N2O4S. The van der Waals surface area contributed by atoms with E-state index in [1.807, 2.05) is 25.1 Å². The number of anilines is 2. The van der Waals surface area contributed by atoms with Crippen molar-refractivity contribution in [2.24, 2.45) is 5.92 Å². The maximum absolute atomic E-state index is 13.4. The number of carbonyl (C=O) groups excluding carboxylic acids is 3. The summed E-state index contributed by atoms with van der Waals surface area (Å²) in [6.45, 7) is 4.48. The van der Waals surface area contributed by atoms with Gasteiger partial charge in [-0.15, -0.1) is 11.3 Å². The number of rotatable bonds is 7. The molecule has 6 nitrogen and oxygen atoms in total. The highest BCUT2D eigenvalue weighted by molar-refractivity contribution is 7.17. The second kappa shape index (κ2) is 10.7. The van der Waals surface area contributed by atoms with Crippen LogP contribution in [-0.2, 0) is 17.6 Å². The summed E-state index contributed by atoms with van der Waals surface area (Å²) in [5.74, 6) is -0.433. The molecule has 1 unspecified atom stereocenters. The Balaban J connectivity index is 1.61. The minimum atomic E-state index is -0.421. The van der Waals surface area contributed by atoms with Gasteiger partial charge in [0.25, 0.3) is 11.8 Å². The molecule has 4 rings (SSSR count). The number of hydrogen-bond donors (Lipinski definition) is 2. The largest absolute Gasteiger partial charge is 0.462 e. The number of hydrogen-bond acceptors (Lipinski definition) is 5. The van der Waals surface area contributed by atoms with Crippen LogP contribution < -0.4 is 10.6 Å². The maximum atomic E-state index is 13.4. The monoisotopic (exact) mass is 476 g/mol. The van der Waals surface area contributed by atoms with Crippen molar-refractivity contribution in [1.82, 2.24) is 0 Å². The van der Waals surface area contributed by atoms with Crippen LogP contribution in [0.2, 0.25) is 0 Å². The molecule has 0 saturated carbocycles. The summed E-state index contributed by atoms with van der Waals surface area (Å²) < 4.78 is 5.20. The SMILES string of the molecule is CCCOC(=O)c1cccc(NC(=O)c2c(NC(=O)c3ccccc3)sc3c2CCC(C)C3)c1. The third-order valence-electron chi connectivity index (χ3n) is 5.80. The fourth-order valence-corrected chi connectivity index (χ4v) is 5.44. The van der Waals surface area contributed by atoms with Crippen LogP contribution in [0.4, 0.5) is 10.7 Å². The molecular weight excluding hydrogens is 448 g/mol. The number of fused-ring (bicyclic) bond motifs is 1. The van der Waals surface area contributed by atoms with Crippen molar-refractivity contribution in [2.75, 3.05) is 17.2 Å². The predicted molar refractivity (Wildman–Crippen MR) is 135 cm³/mol. The molecule has 7 heteroatoms. The van der Waals surface area contributed by atoms with E-state index in [1.165, 1.54) is 11.3 Å². The van der Waals surface area contributed by atoms with Gasteiger partial charge in [-0.3, -0.25) is 9.59 Å². The molecule has 0 fully saturated rings. The lowest BCUT2D eigenvalue weighted by Crippen LogP contribution is -2.19. The van der Waals surface area contributed by atoms with Crippen LogP contribution in [0, 0.1) is 5.92 Å². The van der Waals surface area contributed by atoms with Gasteiger partial charge in [-0.1, -0.05) is 38.1 Å². The van der Waals surface area contributed by atoms with Gasteiger partial charge in [0.2, 0.25) is 0 Å². The minimum absolute atomic E-state index is 0.248. The molecule has 34 heavy (non-hydrogen) atoms. The highest BCUT2D eigenvalue weighted by Gasteiger charge is 2.28. The second-order valence-electron chi connectivity index (χ2n) is 8.55. The summed E-state index contributed by atoms with van der Waals surface area (Å²) in [5, 5.41) is 6.44. The van der Waals surface area contributed by atoms with Gasteiger partial charge in [0.05, 0.1) is 17.7 Å². The molecule has 0 aliphatic heterocycles. The van der Waals surface area contributed by atoms with Crippen LogP contribution in [0.25, 0.3) is 0 Å². The van der Waals surface area contributed by atoms with Crippen LogP contribution in [0.15, 0.2) is 54.6 Å². The Kier molecular flexibility index (Phi) is 7.43. The van der Waals surface area contributed by atoms with Gasteiger partial charge in [-0.2, -0.15) is 0 Å². The first kappa shape index (κ1) is 23.7. The molecule has 176 valence electrons. The summed E-state index contributed by atoms with van der Waals surface area (Å²) in [4.78, 5) is 39.7. The van der Waals surface area contributed by atoms with E-state index in [1.54, 1.807) is 36.4 Å². The standard InChI is InChI=1S/C27H28N2O4S/c1-3-14-33-27(32)19-10-7-11-20(16-19)28-25(31)23-21-13-12-17(2)15-22(21)34-26(23)29-24(30)18-8-5-4-6-9-18/h4-11,16-17H,3,12-15H2,1-2H3,(H,28,31)(H,29,30). The van der Waals surface area contributed by atoms with Gasteiger partial charge in [-0.05, 0) is 67.5 Å². The van der Waals surface area contributed by atoms with E-state index in [4.69, 9.17) is 4.74 Å². The smallest absolute Gasteiger partial charge is 0.338 e. The quantitative estimate of drug-likeness (QED) is 0.413. The summed E-state index contributed by atoms with van der Waals surface area (Å²) in [5.41, 5.74) is 2.93. The van der Waals surface area contributed by atoms with Crippen LogP contribution in [0.5, 0.6) is 0 Å². The van der Waals surface area contributed by atoms with E-state index < -0.39 is 5.97 Å². The van der Waals surface area contributed by atoms with Crippen molar-refractivity contribution in [3.63, 3.8) is 0 Å². The minimum Gasteiger partial charge on any atom is -0.462 e. The molecule has 1 atom stereocenters. The van der Waals surface area contributed by atoms with Crippen LogP contribution in [0.3, 0.4) is 0 Å².